The minimum atomic E-state index is -0.0351. The Morgan fingerprint density at radius 2 is 2.17 bits per heavy atom. The average molecular weight is 311 g/mol. The van der Waals surface area contributed by atoms with Crippen LogP contribution >= 0.6 is 0 Å². The van der Waals surface area contributed by atoms with Crippen molar-refractivity contribution in [1.82, 2.24) is 25.3 Å². The van der Waals surface area contributed by atoms with E-state index in [1.807, 2.05) is 37.6 Å². The Hall–Kier alpha value is -2.63. The summed E-state index contributed by atoms with van der Waals surface area (Å²) >= 11 is 0. The first-order chi connectivity index (χ1) is 11.0. The number of nitrogens with one attached hydrogen (secondary N) is 2. The molecule has 0 saturated carbocycles. The minimum absolute atomic E-state index is 0.00594. The Balaban J connectivity index is 1.71. The van der Waals surface area contributed by atoms with Crippen molar-refractivity contribution in [2.45, 2.75) is 26.3 Å². The van der Waals surface area contributed by atoms with Crippen LogP contribution in [0.5, 0.6) is 0 Å². The van der Waals surface area contributed by atoms with Crippen LogP contribution in [0, 0.1) is 5.92 Å². The molecule has 2 N–H and O–H groups in total. The Labute approximate surface area is 134 Å². The highest BCUT2D eigenvalue weighted by molar-refractivity contribution is 5.83. The molecular formula is C17H21N5O. The summed E-state index contributed by atoms with van der Waals surface area (Å²) in [7, 11) is 1.88. The largest absolute Gasteiger partial charge is 0.349 e. The molecule has 2 aromatic heterocycles. The van der Waals surface area contributed by atoms with Crippen LogP contribution in [0.1, 0.15) is 31.0 Å². The van der Waals surface area contributed by atoms with Gasteiger partial charge in [-0.15, -0.1) is 0 Å². The zero-order chi connectivity index (χ0) is 16.4. The maximum absolute atomic E-state index is 12.4. The zero-order valence-corrected chi connectivity index (χ0v) is 13.6. The maximum Gasteiger partial charge on any atom is 0.224 e. The van der Waals surface area contributed by atoms with Gasteiger partial charge in [0.15, 0.2) is 0 Å². The van der Waals surface area contributed by atoms with Gasteiger partial charge >= 0.3 is 0 Å². The number of hydrogen-bond donors (Lipinski definition) is 2. The summed E-state index contributed by atoms with van der Waals surface area (Å²) in [5.74, 6) is 0.296. The van der Waals surface area contributed by atoms with Crippen molar-refractivity contribution in [3.05, 3.63) is 47.9 Å². The molecule has 3 aromatic rings. The van der Waals surface area contributed by atoms with E-state index >= 15 is 0 Å². The molecule has 6 nitrogen and oxygen atoms in total. The Morgan fingerprint density at radius 3 is 2.87 bits per heavy atom. The van der Waals surface area contributed by atoms with Gasteiger partial charge in [0.1, 0.15) is 0 Å². The molecule has 0 bridgehead atoms. The van der Waals surface area contributed by atoms with Gasteiger partial charge in [0.25, 0.3) is 0 Å². The molecule has 0 aliphatic rings. The molecule has 0 saturated heterocycles. The molecular weight excluding hydrogens is 290 g/mol. The van der Waals surface area contributed by atoms with Crippen molar-refractivity contribution >= 4 is 16.8 Å². The van der Waals surface area contributed by atoms with Gasteiger partial charge in [0, 0.05) is 24.2 Å². The van der Waals surface area contributed by atoms with Gasteiger partial charge in [0.05, 0.1) is 30.4 Å². The van der Waals surface area contributed by atoms with E-state index < -0.39 is 0 Å². The molecule has 1 atom stereocenters. The second-order valence-electron chi connectivity index (χ2n) is 6.20. The average Bonchev–Trinajstić information content (AvgIpc) is 3.12. The van der Waals surface area contributed by atoms with E-state index in [1.165, 1.54) is 0 Å². The van der Waals surface area contributed by atoms with Crippen LogP contribution in [0.2, 0.25) is 0 Å². The van der Waals surface area contributed by atoms with Gasteiger partial charge in [-0.1, -0.05) is 26.0 Å². The first-order valence-electron chi connectivity index (χ1n) is 7.73. The van der Waals surface area contributed by atoms with Crippen LogP contribution in [0.15, 0.2) is 36.8 Å². The van der Waals surface area contributed by atoms with E-state index in [2.05, 4.69) is 34.5 Å². The molecule has 0 aliphatic carbocycles. The monoisotopic (exact) mass is 311 g/mol. The van der Waals surface area contributed by atoms with Gasteiger partial charge in [-0.3, -0.25) is 14.6 Å². The van der Waals surface area contributed by atoms with E-state index in [0.29, 0.717) is 12.3 Å². The molecule has 3 rings (SSSR count). The lowest BCUT2D eigenvalue weighted by atomic mass is 9.98. The summed E-state index contributed by atoms with van der Waals surface area (Å²) in [5, 5.41) is 15.3. The fourth-order valence-electron chi connectivity index (χ4n) is 2.74. The van der Waals surface area contributed by atoms with E-state index in [1.54, 1.807) is 10.9 Å². The molecule has 1 amide bonds. The van der Waals surface area contributed by atoms with E-state index in [4.69, 9.17) is 0 Å². The maximum atomic E-state index is 12.4. The van der Waals surface area contributed by atoms with Crippen LogP contribution in [-0.4, -0.2) is 25.9 Å². The molecule has 23 heavy (non-hydrogen) atoms. The number of carbonyl (C=O) groups is 1. The fraction of sp³-hybridized carbons (Fsp3) is 0.353. The number of hydrogen-bond acceptors (Lipinski definition) is 3. The zero-order valence-electron chi connectivity index (χ0n) is 13.6. The SMILES string of the molecule is CC(C)C(NC(=O)Cc1ccc2cn[nH]c2c1)c1cnn(C)c1. The van der Waals surface area contributed by atoms with Crippen molar-refractivity contribution < 1.29 is 4.79 Å². The van der Waals surface area contributed by atoms with Crippen LogP contribution in [-0.2, 0) is 18.3 Å². The van der Waals surface area contributed by atoms with Crippen molar-refractivity contribution in [2.24, 2.45) is 13.0 Å². The van der Waals surface area contributed by atoms with E-state index in [-0.39, 0.29) is 11.9 Å². The Bertz CT molecular complexity index is 817. The first kappa shape index (κ1) is 15.3. The molecule has 1 unspecified atom stereocenters. The molecule has 1 aromatic carbocycles. The van der Waals surface area contributed by atoms with Crippen molar-refractivity contribution in [3.8, 4) is 0 Å². The summed E-state index contributed by atoms with van der Waals surface area (Å²) in [6.07, 6.45) is 5.87. The number of aromatic amines is 1. The summed E-state index contributed by atoms with van der Waals surface area (Å²) in [6, 6.07) is 5.87. The quantitative estimate of drug-likeness (QED) is 0.759. The molecule has 120 valence electrons. The topological polar surface area (TPSA) is 75.6 Å². The molecule has 0 fully saturated rings. The van der Waals surface area contributed by atoms with Crippen LogP contribution in [0.25, 0.3) is 10.9 Å². The minimum Gasteiger partial charge on any atom is -0.349 e. The first-order valence-corrected chi connectivity index (χ1v) is 7.73. The Kier molecular flexibility index (Phi) is 4.14. The molecule has 0 aliphatic heterocycles. The van der Waals surface area contributed by atoms with Crippen LogP contribution < -0.4 is 5.32 Å². The lowest BCUT2D eigenvalue weighted by Crippen LogP contribution is -2.32. The second kappa shape index (κ2) is 6.24. The summed E-state index contributed by atoms with van der Waals surface area (Å²) in [4.78, 5) is 12.4. The third-order valence-electron chi connectivity index (χ3n) is 3.94. The predicted molar refractivity (Wildman–Crippen MR) is 88.7 cm³/mol. The highest BCUT2D eigenvalue weighted by Crippen LogP contribution is 2.21. The highest BCUT2D eigenvalue weighted by Gasteiger charge is 2.19. The van der Waals surface area contributed by atoms with E-state index in [9.17, 15) is 4.79 Å². The van der Waals surface area contributed by atoms with Gasteiger partial charge in [-0.2, -0.15) is 10.2 Å². The Morgan fingerprint density at radius 1 is 1.35 bits per heavy atom. The predicted octanol–water partition coefficient (Wildman–Crippen LogP) is 2.35. The normalized spacial score (nSPS) is 12.7. The van der Waals surface area contributed by atoms with Gasteiger partial charge < -0.3 is 5.32 Å². The van der Waals surface area contributed by atoms with Crippen LogP contribution in [0.3, 0.4) is 0 Å². The number of amides is 1. The fourth-order valence-corrected chi connectivity index (χ4v) is 2.74. The number of rotatable bonds is 5. The number of nitrogens with zero attached hydrogens (tertiary/aromatic N) is 3. The molecule has 2 heterocycles. The molecule has 0 radical (unpaired) electrons. The van der Waals surface area contributed by atoms with E-state index in [0.717, 1.165) is 22.0 Å². The van der Waals surface area contributed by atoms with Crippen molar-refractivity contribution in [2.75, 3.05) is 0 Å². The lowest BCUT2D eigenvalue weighted by molar-refractivity contribution is -0.121. The number of carbonyl (C=O) groups excluding carboxylic acids is 1. The molecule has 6 heteroatoms. The highest BCUT2D eigenvalue weighted by atomic mass is 16.1. The number of benzene rings is 1. The second-order valence-corrected chi connectivity index (χ2v) is 6.20. The van der Waals surface area contributed by atoms with Gasteiger partial charge in [-0.25, -0.2) is 0 Å². The van der Waals surface area contributed by atoms with Crippen molar-refractivity contribution in [3.63, 3.8) is 0 Å². The van der Waals surface area contributed by atoms with Crippen molar-refractivity contribution in [1.29, 1.82) is 0 Å². The third kappa shape index (κ3) is 3.41. The third-order valence-corrected chi connectivity index (χ3v) is 3.94. The summed E-state index contributed by atoms with van der Waals surface area (Å²) < 4.78 is 1.75. The number of H-pyrrole nitrogens is 1. The molecule has 0 spiro atoms. The smallest absolute Gasteiger partial charge is 0.224 e. The number of fused-ring (bicyclic) bond motifs is 1. The summed E-state index contributed by atoms with van der Waals surface area (Å²) in [5.41, 5.74) is 2.94. The number of aromatic nitrogens is 4. The standard InChI is InChI=1S/C17H21N5O/c1-11(2)17(14-9-19-22(3)10-14)20-16(23)7-12-4-5-13-8-18-21-15(13)6-12/h4-6,8-11,17H,7H2,1-3H3,(H,18,21)(H,20,23). The lowest BCUT2D eigenvalue weighted by Gasteiger charge is -2.21. The van der Waals surface area contributed by atoms with Crippen LogP contribution in [0.4, 0.5) is 0 Å². The summed E-state index contributed by atoms with van der Waals surface area (Å²) in [6.45, 7) is 4.18. The van der Waals surface area contributed by atoms with Gasteiger partial charge in [-0.05, 0) is 17.5 Å². The number of aryl methyl sites for hydroxylation is 1. The van der Waals surface area contributed by atoms with Gasteiger partial charge in [0.2, 0.25) is 5.91 Å².